The highest BCUT2D eigenvalue weighted by Gasteiger charge is 2.30. The number of carbonyl (C=O) groups excluding carboxylic acids is 2. The van der Waals surface area contributed by atoms with E-state index in [1.165, 1.54) is 20.0 Å². The van der Waals surface area contributed by atoms with Crippen LogP contribution in [0, 0.1) is 0 Å². The van der Waals surface area contributed by atoms with Crippen LogP contribution in [-0.2, 0) is 14.4 Å². The molecule has 8 heteroatoms. The Kier molecular flexibility index (Phi) is 7.99. The molecule has 0 saturated heterocycles. The second-order valence-corrected chi connectivity index (χ2v) is 9.49. The summed E-state index contributed by atoms with van der Waals surface area (Å²) in [6, 6.07) is 5.57. The average molecular weight is 446 g/mol. The van der Waals surface area contributed by atoms with E-state index < -0.39 is 6.10 Å². The molecule has 3 rings (SSSR count). The third-order valence-electron chi connectivity index (χ3n) is 5.53. The Hall–Kier alpha value is -2.77. The minimum absolute atomic E-state index is 0.104. The highest BCUT2D eigenvalue weighted by Crippen LogP contribution is 2.30. The van der Waals surface area contributed by atoms with E-state index in [1.807, 2.05) is 26.8 Å². The highest BCUT2D eigenvalue weighted by molar-refractivity contribution is 6.04. The molecule has 1 fully saturated rings. The summed E-state index contributed by atoms with van der Waals surface area (Å²) < 4.78 is 11.1. The van der Waals surface area contributed by atoms with Crippen molar-refractivity contribution < 1.29 is 23.9 Å². The van der Waals surface area contributed by atoms with Crippen molar-refractivity contribution in [3.05, 3.63) is 23.8 Å². The Bertz CT molecular complexity index is 839. The van der Waals surface area contributed by atoms with E-state index in [1.54, 1.807) is 12.1 Å². The molecule has 1 unspecified atom stereocenters. The Morgan fingerprint density at radius 1 is 1.12 bits per heavy atom. The van der Waals surface area contributed by atoms with E-state index >= 15 is 0 Å². The number of rotatable bonds is 7. The largest absolute Gasteiger partial charge is 0.493 e. The quantitative estimate of drug-likeness (QED) is 0.628. The standard InChI is InChI=1S/C24H35N3O5/c1-24(2,3)26-22(28)15-31-19-12-11-16(13-20(19)30-4)18-14-21(32-27-18)23(29)25-17-9-7-5-6-8-10-17/h11-13,17,21H,5-10,14-15H2,1-4H3,(H,25,29)(H,26,28). The van der Waals surface area contributed by atoms with Gasteiger partial charge in [0.2, 0.25) is 6.10 Å². The van der Waals surface area contributed by atoms with Gasteiger partial charge in [0.15, 0.2) is 18.1 Å². The minimum Gasteiger partial charge on any atom is -0.493 e. The second kappa shape index (κ2) is 10.7. The van der Waals surface area contributed by atoms with Gasteiger partial charge in [-0.2, -0.15) is 0 Å². The Balaban J connectivity index is 1.56. The molecule has 1 heterocycles. The van der Waals surface area contributed by atoms with Crippen LogP contribution < -0.4 is 20.1 Å². The second-order valence-electron chi connectivity index (χ2n) is 9.49. The van der Waals surface area contributed by atoms with Crippen molar-refractivity contribution >= 4 is 17.5 Å². The number of hydrogen-bond acceptors (Lipinski definition) is 6. The van der Waals surface area contributed by atoms with Crippen molar-refractivity contribution in [2.75, 3.05) is 13.7 Å². The van der Waals surface area contributed by atoms with Gasteiger partial charge in [-0.05, 0) is 51.8 Å². The molecule has 1 aromatic carbocycles. The van der Waals surface area contributed by atoms with Crippen molar-refractivity contribution in [3.63, 3.8) is 0 Å². The first kappa shape index (κ1) is 23.9. The van der Waals surface area contributed by atoms with Gasteiger partial charge in [0.1, 0.15) is 0 Å². The van der Waals surface area contributed by atoms with Gasteiger partial charge in [-0.25, -0.2) is 0 Å². The monoisotopic (exact) mass is 445 g/mol. The molecule has 0 bridgehead atoms. The third-order valence-corrected chi connectivity index (χ3v) is 5.53. The van der Waals surface area contributed by atoms with Crippen molar-refractivity contribution in [2.45, 2.75) is 83.4 Å². The van der Waals surface area contributed by atoms with Gasteiger partial charge in [-0.3, -0.25) is 9.59 Å². The van der Waals surface area contributed by atoms with E-state index in [9.17, 15) is 9.59 Å². The zero-order valence-electron chi connectivity index (χ0n) is 19.5. The number of ether oxygens (including phenoxy) is 2. The lowest BCUT2D eigenvalue weighted by Crippen LogP contribution is -2.43. The predicted molar refractivity (Wildman–Crippen MR) is 122 cm³/mol. The first-order valence-electron chi connectivity index (χ1n) is 11.4. The number of methoxy groups -OCH3 is 1. The van der Waals surface area contributed by atoms with E-state index in [-0.39, 0.29) is 30.0 Å². The minimum atomic E-state index is -0.615. The van der Waals surface area contributed by atoms with Crippen LogP contribution in [0.5, 0.6) is 11.5 Å². The normalized spacial score (nSPS) is 19.4. The molecule has 176 valence electrons. The summed E-state index contributed by atoms with van der Waals surface area (Å²) in [5, 5.41) is 10.1. The fourth-order valence-electron chi connectivity index (χ4n) is 3.97. The van der Waals surface area contributed by atoms with Gasteiger partial charge in [0, 0.05) is 23.6 Å². The van der Waals surface area contributed by atoms with E-state index in [4.69, 9.17) is 14.3 Å². The third kappa shape index (κ3) is 6.87. The molecule has 1 saturated carbocycles. The van der Waals surface area contributed by atoms with Crippen LogP contribution in [0.4, 0.5) is 0 Å². The van der Waals surface area contributed by atoms with Crippen molar-refractivity contribution in [2.24, 2.45) is 5.16 Å². The van der Waals surface area contributed by atoms with Gasteiger partial charge in [0.25, 0.3) is 11.8 Å². The summed E-state index contributed by atoms with van der Waals surface area (Å²) in [5.74, 6) is 0.634. The first-order chi connectivity index (χ1) is 15.2. The number of oxime groups is 1. The molecular formula is C24H35N3O5. The number of hydrogen-bond donors (Lipinski definition) is 2. The zero-order valence-corrected chi connectivity index (χ0v) is 19.5. The molecule has 8 nitrogen and oxygen atoms in total. The molecule has 1 aliphatic carbocycles. The summed E-state index contributed by atoms with van der Waals surface area (Å²) in [6.45, 7) is 5.62. The van der Waals surface area contributed by atoms with Crippen LogP contribution in [0.3, 0.4) is 0 Å². The van der Waals surface area contributed by atoms with Crippen molar-refractivity contribution in [3.8, 4) is 11.5 Å². The summed E-state index contributed by atoms with van der Waals surface area (Å²) in [7, 11) is 1.54. The maximum atomic E-state index is 12.6. The van der Waals surface area contributed by atoms with Gasteiger partial charge in [-0.15, -0.1) is 0 Å². The molecular weight excluding hydrogens is 410 g/mol. The summed E-state index contributed by atoms with van der Waals surface area (Å²) in [5.41, 5.74) is 1.15. The van der Waals surface area contributed by atoms with E-state index in [0.717, 1.165) is 31.2 Å². The summed E-state index contributed by atoms with van der Waals surface area (Å²) in [4.78, 5) is 30.1. The van der Waals surface area contributed by atoms with Crippen LogP contribution in [-0.4, -0.2) is 48.9 Å². The smallest absolute Gasteiger partial charge is 0.264 e. The van der Waals surface area contributed by atoms with Crippen LogP contribution in [0.2, 0.25) is 0 Å². The van der Waals surface area contributed by atoms with Gasteiger partial charge in [0.05, 0.1) is 12.8 Å². The number of benzene rings is 1. The Labute approximate surface area is 190 Å². The molecule has 0 spiro atoms. The fraction of sp³-hybridized carbons (Fsp3) is 0.625. The molecule has 0 radical (unpaired) electrons. The number of nitrogens with one attached hydrogen (secondary N) is 2. The van der Waals surface area contributed by atoms with Crippen molar-refractivity contribution in [1.29, 1.82) is 0 Å². The maximum absolute atomic E-state index is 12.6. The topological polar surface area (TPSA) is 98.2 Å². The molecule has 2 aliphatic rings. The molecule has 32 heavy (non-hydrogen) atoms. The SMILES string of the molecule is COc1cc(C2=NOC(C(=O)NC3CCCCCC3)C2)ccc1OCC(=O)NC(C)(C)C. The van der Waals surface area contributed by atoms with Crippen molar-refractivity contribution in [1.82, 2.24) is 10.6 Å². The lowest BCUT2D eigenvalue weighted by molar-refractivity contribution is -0.132. The van der Waals surface area contributed by atoms with Crippen LogP contribution >= 0.6 is 0 Å². The van der Waals surface area contributed by atoms with Gasteiger partial charge in [-0.1, -0.05) is 30.8 Å². The van der Waals surface area contributed by atoms with Crippen LogP contribution in [0.1, 0.15) is 71.3 Å². The lowest BCUT2D eigenvalue weighted by Gasteiger charge is -2.20. The van der Waals surface area contributed by atoms with Gasteiger partial charge >= 0.3 is 0 Å². The number of nitrogens with zero attached hydrogens (tertiary/aromatic N) is 1. The van der Waals surface area contributed by atoms with E-state index in [2.05, 4.69) is 15.8 Å². The first-order valence-corrected chi connectivity index (χ1v) is 11.4. The van der Waals surface area contributed by atoms with Crippen LogP contribution in [0.25, 0.3) is 0 Å². The summed E-state index contributed by atoms with van der Waals surface area (Å²) >= 11 is 0. The molecule has 1 atom stereocenters. The molecule has 1 aromatic rings. The molecule has 1 aliphatic heterocycles. The zero-order chi connectivity index (χ0) is 23.1. The summed E-state index contributed by atoms with van der Waals surface area (Å²) in [6.07, 6.45) is 6.63. The Morgan fingerprint density at radius 2 is 1.84 bits per heavy atom. The molecule has 2 amide bonds. The van der Waals surface area contributed by atoms with Gasteiger partial charge < -0.3 is 24.9 Å². The molecule has 2 N–H and O–H groups in total. The van der Waals surface area contributed by atoms with Crippen LogP contribution in [0.15, 0.2) is 23.4 Å². The lowest BCUT2D eigenvalue weighted by atomic mass is 10.0. The molecule has 0 aromatic heterocycles. The highest BCUT2D eigenvalue weighted by atomic mass is 16.6. The van der Waals surface area contributed by atoms with E-state index in [0.29, 0.717) is 23.6 Å². The average Bonchev–Trinajstić information content (AvgIpc) is 3.10. The Morgan fingerprint density at radius 3 is 2.50 bits per heavy atom. The number of amides is 2. The predicted octanol–water partition coefficient (Wildman–Crippen LogP) is 3.32. The number of carbonyl (C=O) groups is 2. The fourth-order valence-corrected chi connectivity index (χ4v) is 3.97. The maximum Gasteiger partial charge on any atom is 0.264 e.